The van der Waals surface area contributed by atoms with Gasteiger partial charge < -0.3 is 4.74 Å². The Morgan fingerprint density at radius 3 is 2.48 bits per heavy atom. The van der Waals surface area contributed by atoms with E-state index in [0.717, 1.165) is 16.8 Å². The lowest BCUT2D eigenvalue weighted by Gasteiger charge is -2.36. The van der Waals surface area contributed by atoms with E-state index in [0.29, 0.717) is 34.2 Å². The summed E-state index contributed by atoms with van der Waals surface area (Å²) in [6.45, 7) is 3.85. The maximum atomic E-state index is 13.5. The predicted octanol–water partition coefficient (Wildman–Crippen LogP) is 6.13. The molecule has 0 fully saturated rings. The van der Waals surface area contributed by atoms with Crippen LogP contribution >= 0.6 is 23.2 Å². The first-order valence-corrected chi connectivity index (χ1v) is 11.1. The average Bonchev–Trinajstić information content (AvgIpc) is 2.73. The smallest absolute Gasteiger partial charge is 0.315 e. The summed E-state index contributed by atoms with van der Waals surface area (Å²) in [5, 5.41) is 1.18. The van der Waals surface area contributed by atoms with Gasteiger partial charge in [-0.15, -0.1) is 0 Å². The number of hydrogen-bond donors (Lipinski definition) is 0. The number of hydrogen-bond acceptors (Lipinski definition) is 4. The fourth-order valence-electron chi connectivity index (χ4n) is 4.63. The molecule has 31 heavy (non-hydrogen) atoms. The predicted molar refractivity (Wildman–Crippen MR) is 123 cm³/mol. The lowest BCUT2D eigenvalue weighted by atomic mass is 9.69. The Bertz CT molecular complexity index is 1090. The van der Waals surface area contributed by atoms with E-state index >= 15 is 0 Å². The zero-order chi connectivity index (χ0) is 22.1. The van der Waals surface area contributed by atoms with Crippen LogP contribution in [0.1, 0.15) is 49.7 Å². The number of esters is 1. The van der Waals surface area contributed by atoms with E-state index < -0.39 is 11.8 Å². The molecule has 160 valence electrons. The molecule has 0 spiro atoms. The van der Waals surface area contributed by atoms with Crippen molar-refractivity contribution >= 4 is 40.7 Å². The summed E-state index contributed by atoms with van der Waals surface area (Å²) in [4.78, 5) is 31.1. The minimum absolute atomic E-state index is 0.00309. The van der Waals surface area contributed by atoms with Gasteiger partial charge in [0.15, 0.2) is 5.78 Å². The molecule has 0 N–H and O–H groups in total. The number of benzene rings is 2. The van der Waals surface area contributed by atoms with Crippen molar-refractivity contribution in [2.75, 3.05) is 6.61 Å². The van der Waals surface area contributed by atoms with Crippen LogP contribution < -0.4 is 0 Å². The van der Waals surface area contributed by atoms with Crippen LogP contribution in [0, 0.1) is 5.92 Å². The summed E-state index contributed by atoms with van der Waals surface area (Å²) in [5.41, 5.74) is 3.77. The molecule has 0 amide bonds. The highest BCUT2D eigenvalue weighted by Crippen LogP contribution is 2.48. The maximum absolute atomic E-state index is 13.5. The number of rotatable bonds is 4. The number of carbonyl (C=O) groups is 2. The number of carbonyl (C=O) groups excluding carboxylic acids is 2. The topological polar surface area (TPSA) is 55.7 Å². The number of ether oxygens (including phenoxy) is 1. The Labute approximate surface area is 191 Å². The van der Waals surface area contributed by atoms with Gasteiger partial charge in [0.2, 0.25) is 0 Å². The third-order valence-corrected chi connectivity index (χ3v) is 6.61. The molecule has 0 radical (unpaired) electrons. The molecular weight excluding hydrogens is 433 g/mol. The molecule has 2 aromatic carbocycles. The number of allylic oxidation sites excluding steroid dienone is 2. The SMILES string of the molecule is CCOC(=O)C1C(C)=NC2=C(C(=O)C[C@@H](c3ccc(Cl)cc3)C2)[C@H]1c1ccccc1Cl. The van der Waals surface area contributed by atoms with Crippen LogP contribution in [0.25, 0.3) is 0 Å². The van der Waals surface area contributed by atoms with Crippen molar-refractivity contribution in [3.8, 4) is 0 Å². The van der Waals surface area contributed by atoms with Gasteiger partial charge in [0.1, 0.15) is 5.92 Å². The molecule has 6 heteroatoms. The quantitative estimate of drug-likeness (QED) is 0.520. The fraction of sp³-hybridized carbons (Fsp3) is 0.320. The molecule has 0 aromatic heterocycles. The first-order valence-electron chi connectivity index (χ1n) is 10.4. The molecule has 1 aliphatic heterocycles. The average molecular weight is 456 g/mol. The van der Waals surface area contributed by atoms with Crippen LogP contribution in [0.2, 0.25) is 10.0 Å². The largest absolute Gasteiger partial charge is 0.465 e. The van der Waals surface area contributed by atoms with E-state index in [1.54, 1.807) is 13.0 Å². The molecule has 1 unspecified atom stereocenters. The molecule has 2 aromatic rings. The summed E-state index contributed by atoms with van der Waals surface area (Å²) >= 11 is 12.6. The van der Waals surface area contributed by atoms with Crippen LogP contribution in [-0.4, -0.2) is 24.1 Å². The molecule has 1 aliphatic carbocycles. The molecule has 2 aliphatic rings. The number of Topliss-reactive ketones (excluding diaryl/α,β-unsaturated/α-hetero) is 1. The normalized spacial score (nSPS) is 23.3. The lowest BCUT2D eigenvalue weighted by Crippen LogP contribution is -2.38. The summed E-state index contributed by atoms with van der Waals surface area (Å²) in [7, 11) is 0. The minimum atomic E-state index is -0.672. The van der Waals surface area contributed by atoms with E-state index in [2.05, 4.69) is 0 Å². The zero-order valence-electron chi connectivity index (χ0n) is 17.4. The van der Waals surface area contributed by atoms with Crippen molar-refractivity contribution in [1.82, 2.24) is 0 Å². The van der Waals surface area contributed by atoms with Gasteiger partial charge in [-0.2, -0.15) is 0 Å². The Kier molecular flexibility index (Phi) is 6.31. The van der Waals surface area contributed by atoms with Crippen molar-refractivity contribution in [3.05, 3.63) is 81.0 Å². The number of aliphatic imine (C=N–C) groups is 1. The summed E-state index contributed by atoms with van der Waals surface area (Å²) in [5.74, 6) is -1.54. The highest BCUT2D eigenvalue weighted by Gasteiger charge is 2.45. The highest BCUT2D eigenvalue weighted by molar-refractivity contribution is 6.31. The number of ketones is 1. The fourth-order valence-corrected chi connectivity index (χ4v) is 5.01. The molecule has 0 bridgehead atoms. The van der Waals surface area contributed by atoms with Crippen molar-refractivity contribution in [1.29, 1.82) is 0 Å². The van der Waals surface area contributed by atoms with Gasteiger partial charge in [-0.1, -0.05) is 53.5 Å². The first kappa shape index (κ1) is 21.8. The van der Waals surface area contributed by atoms with Crippen molar-refractivity contribution < 1.29 is 14.3 Å². The van der Waals surface area contributed by atoms with Crippen molar-refractivity contribution in [3.63, 3.8) is 0 Å². The van der Waals surface area contributed by atoms with E-state index in [1.807, 2.05) is 49.4 Å². The van der Waals surface area contributed by atoms with Gasteiger partial charge in [0.25, 0.3) is 0 Å². The van der Waals surface area contributed by atoms with Gasteiger partial charge in [0, 0.05) is 39.4 Å². The number of nitrogens with zero attached hydrogens (tertiary/aromatic N) is 1. The molecule has 0 saturated carbocycles. The second-order valence-electron chi connectivity index (χ2n) is 7.92. The Morgan fingerprint density at radius 2 is 1.81 bits per heavy atom. The van der Waals surface area contributed by atoms with Gasteiger partial charge in [-0.25, -0.2) is 0 Å². The monoisotopic (exact) mass is 455 g/mol. The molecule has 1 heterocycles. The van der Waals surface area contributed by atoms with Crippen molar-refractivity contribution in [2.24, 2.45) is 10.9 Å². The van der Waals surface area contributed by atoms with Crippen LogP contribution in [0.4, 0.5) is 0 Å². The Balaban J connectivity index is 1.81. The second-order valence-corrected chi connectivity index (χ2v) is 8.77. The van der Waals surface area contributed by atoms with E-state index in [4.69, 9.17) is 32.9 Å². The molecular formula is C25H23Cl2NO3. The first-order chi connectivity index (χ1) is 14.9. The third-order valence-electron chi connectivity index (χ3n) is 6.01. The Hall–Kier alpha value is -2.43. The molecule has 0 saturated heterocycles. The molecule has 4 rings (SSSR count). The second kappa shape index (κ2) is 8.97. The zero-order valence-corrected chi connectivity index (χ0v) is 18.9. The van der Waals surface area contributed by atoms with E-state index in [1.165, 1.54) is 0 Å². The molecule has 4 nitrogen and oxygen atoms in total. The van der Waals surface area contributed by atoms with Crippen LogP contribution in [-0.2, 0) is 14.3 Å². The standard InChI is InChI=1S/C25H23Cl2NO3/c1-3-31-25(30)22-14(2)28-20-12-16(15-8-10-17(26)11-9-15)13-21(29)24(20)23(22)18-6-4-5-7-19(18)27/h4-11,16,22-23H,3,12-13H2,1-2H3/t16-,22?,23-/m0/s1. The maximum Gasteiger partial charge on any atom is 0.315 e. The van der Waals surface area contributed by atoms with Crippen LogP contribution in [0.5, 0.6) is 0 Å². The number of halogens is 2. The summed E-state index contributed by atoms with van der Waals surface area (Å²) < 4.78 is 5.35. The van der Waals surface area contributed by atoms with Crippen LogP contribution in [0.15, 0.2) is 64.8 Å². The van der Waals surface area contributed by atoms with Gasteiger partial charge in [0.05, 0.1) is 6.61 Å². The minimum Gasteiger partial charge on any atom is -0.465 e. The van der Waals surface area contributed by atoms with Gasteiger partial charge in [-0.3, -0.25) is 14.6 Å². The van der Waals surface area contributed by atoms with E-state index in [-0.39, 0.29) is 24.3 Å². The third kappa shape index (κ3) is 4.19. The van der Waals surface area contributed by atoms with E-state index in [9.17, 15) is 9.59 Å². The highest BCUT2D eigenvalue weighted by atomic mass is 35.5. The summed E-state index contributed by atoms with van der Waals surface area (Å²) in [6.07, 6.45) is 0.974. The van der Waals surface area contributed by atoms with Gasteiger partial charge in [-0.05, 0) is 55.5 Å². The van der Waals surface area contributed by atoms with Crippen LogP contribution in [0.3, 0.4) is 0 Å². The molecule has 3 atom stereocenters. The summed E-state index contributed by atoms with van der Waals surface area (Å²) in [6, 6.07) is 15.0. The Morgan fingerprint density at radius 1 is 1.10 bits per heavy atom. The van der Waals surface area contributed by atoms with Crippen molar-refractivity contribution in [2.45, 2.75) is 38.5 Å². The van der Waals surface area contributed by atoms with Gasteiger partial charge >= 0.3 is 5.97 Å². The lowest BCUT2D eigenvalue weighted by molar-refractivity contribution is -0.146.